The normalized spacial score (nSPS) is 10.5. The van der Waals surface area contributed by atoms with Gasteiger partial charge in [-0.25, -0.2) is 4.98 Å². The van der Waals surface area contributed by atoms with Crippen LogP contribution >= 0.6 is 0 Å². The molecule has 0 saturated heterocycles. The van der Waals surface area contributed by atoms with Gasteiger partial charge < -0.3 is 4.42 Å². The summed E-state index contributed by atoms with van der Waals surface area (Å²) in [4.78, 5) is 3.93. The van der Waals surface area contributed by atoms with Crippen molar-refractivity contribution in [1.29, 1.82) is 0 Å². The monoisotopic (exact) mass is 135 g/mol. The van der Waals surface area contributed by atoms with Crippen molar-refractivity contribution in [3.8, 4) is 11.5 Å². The van der Waals surface area contributed by atoms with Gasteiger partial charge in [-0.2, -0.15) is 5.10 Å². The van der Waals surface area contributed by atoms with Crippen LogP contribution in [0, 0.1) is 6.92 Å². The molecule has 0 amide bonds. The van der Waals surface area contributed by atoms with Gasteiger partial charge >= 0.3 is 0 Å². The number of hydrogen-bond acceptors (Lipinski definition) is 4. The molecule has 4 heteroatoms. The van der Waals surface area contributed by atoms with E-state index in [0.717, 1.165) is 5.56 Å². The minimum atomic E-state index is 0.549. The van der Waals surface area contributed by atoms with Crippen LogP contribution in [-0.2, 0) is 0 Å². The predicted molar refractivity (Wildman–Crippen MR) is 33.5 cm³/mol. The highest BCUT2D eigenvalue weighted by Crippen LogP contribution is 2.16. The Kier molecular flexibility index (Phi) is 0.943. The molecule has 0 N–H and O–H groups in total. The van der Waals surface area contributed by atoms with Crippen LogP contribution in [0.25, 0.3) is 11.5 Å². The maximum atomic E-state index is 5.12. The number of fused-ring (bicyclic) bond motifs is 1. The van der Waals surface area contributed by atoms with Gasteiger partial charge in [-0.1, -0.05) is 0 Å². The van der Waals surface area contributed by atoms with Gasteiger partial charge in [0.1, 0.15) is 0 Å². The highest BCUT2D eigenvalue weighted by atomic mass is 16.4. The third-order valence-corrected chi connectivity index (χ3v) is 1.22. The third kappa shape index (κ3) is 0.655. The molecule has 0 aromatic heterocycles. The van der Waals surface area contributed by atoms with E-state index >= 15 is 0 Å². The Morgan fingerprint density at radius 1 is 1.40 bits per heavy atom. The van der Waals surface area contributed by atoms with Crippen molar-refractivity contribution in [3.05, 3.63) is 18.3 Å². The van der Waals surface area contributed by atoms with Gasteiger partial charge in [0, 0.05) is 13.1 Å². The quantitative estimate of drug-likeness (QED) is 0.538. The second kappa shape index (κ2) is 1.76. The molecule has 0 unspecified atom stereocenters. The molecule has 0 spiro atoms. The summed E-state index contributed by atoms with van der Waals surface area (Å²) in [6.07, 6.45) is 3.30. The van der Waals surface area contributed by atoms with Crippen LogP contribution in [0.5, 0.6) is 0 Å². The van der Waals surface area contributed by atoms with Crippen LogP contribution in [0.4, 0.5) is 0 Å². The summed E-state index contributed by atoms with van der Waals surface area (Å²) in [6, 6.07) is 0. The molecule has 0 radical (unpaired) electrons. The zero-order valence-corrected chi connectivity index (χ0v) is 5.40. The average molecular weight is 135 g/mol. The minimum absolute atomic E-state index is 0.549. The topological polar surface area (TPSA) is 51.8 Å². The zero-order chi connectivity index (χ0) is 6.97. The molecule has 0 atom stereocenters. The van der Waals surface area contributed by atoms with E-state index in [1.807, 2.05) is 0 Å². The summed E-state index contributed by atoms with van der Waals surface area (Å²) in [5.74, 6) is 1.15. The molecular weight excluding hydrogens is 130 g/mol. The van der Waals surface area contributed by atoms with E-state index in [9.17, 15) is 0 Å². The SMILES string of the molecule is Cc1ncc2cnnc-2o1. The van der Waals surface area contributed by atoms with Crippen molar-refractivity contribution in [1.82, 2.24) is 15.2 Å². The Bertz CT molecular complexity index is 317. The maximum absolute atomic E-state index is 5.12. The van der Waals surface area contributed by atoms with Gasteiger partial charge in [-0.3, -0.25) is 0 Å². The highest BCUT2D eigenvalue weighted by molar-refractivity contribution is 5.49. The zero-order valence-electron chi connectivity index (χ0n) is 5.40. The van der Waals surface area contributed by atoms with Crippen LogP contribution < -0.4 is 0 Å². The van der Waals surface area contributed by atoms with Crippen LogP contribution in [0.1, 0.15) is 5.89 Å². The average Bonchev–Trinajstić information content (AvgIpc) is 2.33. The van der Waals surface area contributed by atoms with E-state index in [1.165, 1.54) is 0 Å². The first-order chi connectivity index (χ1) is 4.86. The largest absolute Gasteiger partial charge is 0.423 e. The van der Waals surface area contributed by atoms with E-state index in [0.29, 0.717) is 11.8 Å². The molecule has 2 rings (SSSR count). The third-order valence-electron chi connectivity index (χ3n) is 1.22. The van der Waals surface area contributed by atoms with Crippen LogP contribution in [0.3, 0.4) is 0 Å². The summed E-state index contributed by atoms with van der Waals surface area (Å²) in [7, 11) is 0. The van der Waals surface area contributed by atoms with E-state index < -0.39 is 0 Å². The lowest BCUT2D eigenvalue weighted by Gasteiger charge is -1.93. The molecule has 2 aliphatic heterocycles. The first kappa shape index (κ1) is 5.34. The summed E-state index contributed by atoms with van der Waals surface area (Å²) >= 11 is 0. The van der Waals surface area contributed by atoms with E-state index in [-0.39, 0.29) is 0 Å². The number of hydrogen-bond donors (Lipinski definition) is 0. The lowest BCUT2D eigenvalue weighted by Crippen LogP contribution is -1.83. The first-order valence-corrected chi connectivity index (χ1v) is 2.90. The molecule has 0 saturated carbocycles. The predicted octanol–water partition coefficient (Wildman–Crippen LogP) is 0.878. The van der Waals surface area contributed by atoms with Crippen LogP contribution in [0.15, 0.2) is 16.8 Å². The van der Waals surface area contributed by atoms with Crippen molar-refractivity contribution in [2.75, 3.05) is 0 Å². The van der Waals surface area contributed by atoms with Gasteiger partial charge in [0.2, 0.25) is 0 Å². The molecule has 50 valence electrons. The summed E-state index contributed by atoms with van der Waals surface area (Å²) in [5.41, 5.74) is 0.839. The highest BCUT2D eigenvalue weighted by Gasteiger charge is 2.06. The molecule has 0 aromatic rings. The molecule has 2 aliphatic rings. The van der Waals surface area contributed by atoms with Crippen molar-refractivity contribution in [2.24, 2.45) is 0 Å². The molecule has 4 nitrogen and oxygen atoms in total. The summed E-state index contributed by atoms with van der Waals surface area (Å²) < 4.78 is 5.12. The molecular formula is C6H5N3O. The van der Waals surface area contributed by atoms with Crippen molar-refractivity contribution < 1.29 is 4.42 Å². The molecule has 10 heavy (non-hydrogen) atoms. The smallest absolute Gasteiger partial charge is 0.250 e. The van der Waals surface area contributed by atoms with Crippen LogP contribution in [0.2, 0.25) is 0 Å². The molecule has 2 heterocycles. The fourth-order valence-corrected chi connectivity index (χ4v) is 0.751. The molecule has 0 aliphatic carbocycles. The number of aromatic nitrogens is 3. The Labute approximate surface area is 57.3 Å². The first-order valence-electron chi connectivity index (χ1n) is 2.90. The Hall–Kier alpha value is -1.45. The van der Waals surface area contributed by atoms with Gasteiger partial charge in [-0.15, -0.1) is 5.10 Å². The van der Waals surface area contributed by atoms with Gasteiger partial charge in [0.05, 0.1) is 11.8 Å². The number of rotatable bonds is 0. The van der Waals surface area contributed by atoms with Gasteiger partial charge in [0.15, 0.2) is 5.89 Å². The molecule has 0 aromatic carbocycles. The van der Waals surface area contributed by atoms with E-state index in [1.54, 1.807) is 19.3 Å². The fourth-order valence-electron chi connectivity index (χ4n) is 0.751. The van der Waals surface area contributed by atoms with Crippen molar-refractivity contribution >= 4 is 0 Å². The number of aryl methyl sites for hydroxylation is 1. The lowest BCUT2D eigenvalue weighted by atomic mass is 10.4. The fraction of sp³-hybridized carbons (Fsp3) is 0.167. The Morgan fingerprint density at radius 2 is 2.30 bits per heavy atom. The summed E-state index contributed by atoms with van der Waals surface area (Å²) in [5, 5.41) is 7.38. The summed E-state index contributed by atoms with van der Waals surface area (Å²) in [6.45, 7) is 1.77. The van der Waals surface area contributed by atoms with Crippen LogP contribution in [-0.4, -0.2) is 15.2 Å². The lowest BCUT2D eigenvalue weighted by molar-refractivity contribution is 0.490. The van der Waals surface area contributed by atoms with E-state index in [4.69, 9.17) is 4.42 Å². The van der Waals surface area contributed by atoms with Gasteiger partial charge in [-0.05, 0) is 0 Å². The minimum Gasteiger partial charge on any atom is -0.423 e. The number of nitrogens with zero attached hydrogens (tertiary/aromatic N) is 3. The Balaban J connectivity index is 2.75. The van der Waals surface area contributed by atoms with Crippen molar-refractivity contribution in [3.63, 3.8) is 0 Å². The second-order valence-corrected chi connectivity index (χ2v) is 1.98. The second-order valence-electron chi connectivity index (χ2n) is 1.98. The standard InChI is InChI=1S/C6H5N3O/c1-4-7-2-5-3-8-9-6(5)10-4/h2-3H,1H3. The van der Waals surface area contributed by atoms with E-state index in [2.05, 4.69) is 15.2 Å². The maximum Gasteiger partial charge on any atom is 0.250 e. The molecule has 0 bridgehead atoms. The van der Waals surface area contributed by atoms with Gasteiger partial charge in [0.25, 0.3) is 5.89 Å². The molecule has 0 fully saturated rings. The Morgan fingerprint density at radius 3 is 3.20 bits per heavy atom. The van der Waals surface area contributed by atoms with Crippen molar-refractivity contribution in [2.45, 2.75) is 6.92 Å².